The molecule has 0 radical (unpaired) electrons. The predicted octanol–water partition coefficient (Wildman–Crippen LogP) is 2.87. The zero-order valence-corrected chi connectivity index (χ0v) is 10.9. The lowest BCUT2D eigenvalue weighted by Gasteiger charge is -2.20. The molecule has 17 heavy (non-hydrogen) atoms. The van der Waals surface area contributed by atoms with Crippen molar-refractivity contribution >= 4 is 5.91 Å². The zero-order valence-electron chi connectivity index (χ0n) is 10.9. The van der Waals surface area contributed by atoms with Crippen LogP contribution >= 0.6 is 0 Å². The second kappa shape index (κ2) is 5.71. The number of hydrogen-bond acceptors (Lipinski definition) is 2. The van der Waals surface area contributed by atoms with Crippen LogP contribution < -0.4 is 5.32 Å². The molecule has 2 atom stereocenters. The maximum Gasteiger partial charge on any atom is 0.255 e. The number of rotatable bonds is 4. The summed E-state index contributed by atoms with van der Waals surface area (Å²) in [7, 11) is 0. The van der Waals surface area contributed by atoms with Crippen LogP contribution in [0.5, 0.6) is 5.75 Å². The van der Waals surface area contributed by atoms with Gasteiger partial charge >= 0.3 is 0 Å². The Morgan fingerprint density at radius 3 is 2.65 bits per heavy atom. The summed E-state index contributed by atoms with van der Waals surface area (Å²) in [5.41, 5.74) is 1.31. The van der Waals surface area contributed by atoms with Crippen LogP contribution in [-0.4, -0.2) is 17.1 Å². The number of carbonyl (C=O) groups excluding carboxylic acids is 1. The fourth-order valence-electron chi connectivity index (χ4n) is 1.61. The minimum Gasteiger partial charge on any atom is -0.507 e. The molecule has 0 aliphatic carbocycles. The van der Waals surface area contributed by atoms with E-state index in [0.29, 0.717) is 11.5 Å². The molecule has 94 valence electrons. The maximum atomic E-state index is 12.0. The third-order valence-electron chi connectivity index (χ3n) is 3.25. The number of phenolic OH excluding ortho intramolecular Hbond substituents is 1. The van der Waals surface area contributed by atoms with Gasteiger partial charge in [0, 0.05) is 6.04 Å². The summed E-state index contributed by atoms with van der Waals surface area (Å²) in [6.45, 7) is 8.08. The first-order chi connectivity index (χ1) is 7.95. The monoisotopic (exact) mass is 235 g/mol. The van der Waals surface area contributed by atoms with Crippen molar-refractivity contribution in [1.82, 2.24) is 5.32 Å². The zero-order chi connectivity index (χ0) is 13.0. The Morgan fingerprint density at radius 1 is 1.41 bits per heavy atom. The van der Waals surface area contributed by atoms with Gasteiger partial charge in [0.1, 0.15) is 5.75 Å². The quantitative estimate of drug-likeness (QED) is 0.843. The van der Waals surface area contributed by atoms with Gasteiger partial charge in [0.25, 0.3) is 5.91 Å². The number of nitrogens with one attached hydrogen (secondary N) is 1. The van der Waals surface area contributed by atoms with E-state index in [9.17, 15) is 9.90 Å². The summed E-state index contributed by atoms with van der Waals surface area (Å²) >= 11 is 0. The van der Waals surface area contributed by atoms with Crippen LogP contribution in [0.25, 0.3) is 0 Å². The number of carbonyl (C=O) groups is 1. The van der Waals surface area contributed by atoms with E-state index in [0.717, 1.165) is 12.0 Å². The molecular formula is C14H21NO2. The smallest absolute Gasteiger partial charge is 0.255 e. The Balaban J connectivity index is 2.79. The minimum atomic E-state index is -0.209. The predicted molar refractivity (Wildman–Crippen MR) is 69.2 cm³/mol. The fraction of sp³-hybridized carbons (Fsp3) is 0.500. The number of benzene rings is 1. The number of hydrogen-bond donors (Lipinski definition) is 2. The summed E-state index contributed by atoms with van der Waals surface area (Å²) in [5, 5.41) is 12.6. The molecule has 3 nitrogen and oxygen atoms in total. The molecule has 2 unspecified atom stereocenters. The van der Waals surface area contributed by atoms with Gasteiger partial charge in [0.05, 0.1) is 5.56 Å². The average Bonchev–Trinajstić information content (AvgIpc) is 2.30. The molecule has 0 fully saturated rings. The first-order valence-electron chi connectivity index (χ1n) is 6.06. The first-order valence-corrected chi connectivity index (χ1v) is 6.06. The van der Waals surface area contributed by atoms with Crippen molar-refractivity contribution in [2.75, 3.05) is 0 Å². The van der Waals surface area contributed by atoms with Crippen molar-refractivity contribution in [3.8, 4) is 5.75 Å². The number of phenols is 1. The van der Waals surface area contributed by atoms with Gasteiger partial charge in [-0.15, -0.1) is 0 Å². The molecule has 1 amide bonds. The first kappa shape index (κ1) is 13.6. The summed E-state index contributed by atoms with van der Waals surface area (Å²) in [6, 6.07) is 5.14. The van der Waals surface area contributed by atoms with Crippen molar-refractivity contribution < 1.29 is 9.90 Å². The second-order valence-corrected chi connectivity index (χ2v) is 4.67. The summed E-state index contributed by atoms with van der Waals surface area (Å²) < 4.78 is 0. The van der Waals surface area contributed by atoms with E-state index in [4.69, 9.17) is 0 Å². The topological polar surface area (TPSA) is 49.3 Å². The van der Waals surface area contributed by atoms with Crippen molar-refractivity contribution in [3.05, 3.63) is 29.3 Å². The highest BCUT2D eigenvalue weighted by Gasteiger charge is 2.16. The molecule has 0 spiro atoms. The van der Waals surface area contributed by atoms with E-state index in [-0.39, 0.29) is 17.7 Å². The number of amides is 1. The van der Waals surface area contributed by atoms with E-state index < -0.39 is 0 Å². The van der Waals surface area contributed by atoms with Gasteiger partial charge in [-0.05, 0) is 31.9 Å². The normalized spacial score (nSPS) is 14.1. The van der Waals surface area contributed by atoms with Gasteiger partial charge in [-0.2, -0.15) is 0 Å². The van der Waals surface area contributed by atoms with Gasteiger partial charge in [-0.25, -0.2) is 0 Å². The number of aryl methyl sites for hydroxylation is 1. The molecule has 0 aliphatic heterocycles. The SMILES string of the molecule is CCC(C)C(C)NC(=O)c1cc(C)ccc1O. The molecule has 1 aromatic rings. The molecule has 0 bridgehead atoms. The highest BCUT2D eigenvalue weighted by Crippen LogP contribution is 2.18. The van der Waals surface area contributed by atoms with E-state index in [1.165, 1.54) is 0 Å². The van der Waals surface area contributed by atoms with Gasteiger partial charge in [-0.3, -0.25) is 4.79 Å². The lowest BCUT2D eigenvalue weighted by molar-refractivity contribution is 0.0925. The van der Waals surface area contributed by atoms with Crippen LogP contribution in [-0.2, 0) is 0 Å². The third-order valence-corrected chi connectivity index (χ3v) is 3.25. The van der Waals surface area contributed by atoms with Crippen molar-refractivity contribution in [2.24, 2.45) is 5.92 Å². The average molecular weight is 235 g/mol. The summed E-state index contributed by atoms with van der Waals surface area (Å²) in [5.74, 6) is 0.245. The van der Waals surface area contributed by atoms with Gasteiger partial charge in [0.15, 0.2) is 0 Å². The summed E-state index contributed by atoms with van der Waals surface area (Å²) in [6.07, 6.45) is 1.02. The molecule has 2 N–H and O–H groups in total. The van der Waals surface area contributed by atoms with Gasteiger partial charge < -0.3 is 10.4 Å². The highest BCUT2D eigenvalue weighted by molar-refractivity contribution is 5.97. The molecule has 1 rings (SSSR count). The van der Waals surface area contributed by atoms with E-state index >= 15 is 0 Å². The Labute approximate surface area is 103 Å². The molecule has 3 heteroatoms. The van der Waals surface area contributed by atoms with Crippen LogP contribution in [0.3, 0.4) is 0 Å². The maximum absolute atomic E-state index is 12.0. The molecule has 0 aliphatic rings. The van der Waals surface area contributed by atoms with Crippen LogP contribution in [0.4, 0.5) is 0 Å². The molecular weight excluding hydrogens is 214 g/mol. The highest BCUT2D eigenvalue weighted by atomic mass is 16.3. The lowest BCUT2D eigenvalue weighted by atomic mass is 10.0. The molecule has 0 heterocycles. The Hall–Kier alpha value is -1.51. The molecule has 0 aromatic heterocycles. The molecule has 1 aromatic carbocycles. The minimum absolute atomic E-state index is 0.0319. The van der Waals surface area contributed by atoms with Gasteiger partial charge in [0.2, 0.25) is 0 Å². The van der Waals surface area contributed by atoms with Crippen LogP contribution in [0.15, 0.2) is 18.2 Å². The molecule has 0 saturated carbocycles. The standard InChI is InChI=1S/C14H21NO2/c1-5-10(3)11(4)15-14(17)12-8-9(2)6-7-13(12)16/h6-8,10-11,16H,5H2,1-4H3,(H,15,17). The Morgan fingerprint density at radius 2 is 2.06 bits per heavy atom. The van der Waals surface area contributed by atoms with Crippen molar-refractivity contribution in [2.45, 2.75) is 40.2 Å². The Kier molecular flexibility index (Phi) is 4.55. The van der Waals surface area contributed by atoms with E-state index in [2.05, 4.69) is 19.2 Å². The van der Waals surface area contributed by atoms with E-state index in [1.807, 2.05) is 13.8 Å². The number of aromatic hydroxyl groups is 1. The fourth-order valence-corrected chi connectivity index (χ4v) is 1.61. The van der Waals surface area contributed by atoms with Crippen molar-refractivity contribution in [1.29, 1.82) is 0 Å². The van der Waals surface area contributed by atoms with E-state index in [1.54, 1.807) is 18.2 Å². The third kappa shape index (κ3) is 3.48. The second-order valence-electron chi connectivity index (χ2n) is 4.67. The van der Waals surface area contributed by atoms with Crippen molar-refractivity contribution in [3.63, 3.8) is 0 Å². The van der Waals surface area contributed by atoms with Crippen LogP contribution in [0, 0.1) is 12.8 Å². The largest absolute Gasteiger partial charge is 0.507 e. The molecule has 0 saturated heterocycles. The Bertz CT molecular complexity index is 401. The van der Waals surface area contributed by atoms with Gasteiger partial charge in [-0.1, -0.05) is 31.9 Å². The van der Waals surface area contributed by atoms with Crippen LogP contribution in [0.1, 0.15) is 43.1 Å². The lowest BCUT2D eigenvalue weighted by Crippen LogP contribution is -2.36. The summed E-state index contributed by atoms with van der Waals surface area (Å²) in [4.78, 5) is 12.0. The van der Waals surface area contributed by atoms with Crippen LogP contribution in [0.2, 0.25) is 0 Å².